The predicted octanol–water partition coefficient (Wildman–Crippen LogP) is 4.71. The van der Waals surface area contributed by atoms with E-state index in [1.54, 1.807) is 6.07 Å². The fourth-order valence-electron chi connectivity index (χ4n) is 3.28. The highest BCUT2D eigenvalue weighted by Gasteiger charge is 2.36. The normalized spacial score (nSPS) is 14.9. The maximum Gasteiger partial charge on any atom is 0.420 e. The lowest BCUT2D eigenvalue weighted by atomic mass is 10.1. The summed E-state index contributed by atoms with van der Waals surface area (Å²) in [5, 5.41) is 12.4. The van der Waals surface area contributed by atoms with Crippen molar-refractivity contribution < 1.29 is 32.2 Å². The molecule has 0 N–H and O–H groups in total. The third-order valence-electron chi connectivity index (χ3n) is 5.01. The summed E-state index contributed by atoms with van der Waals surface area (Å²) in [6, 6.07) is 9.01. The number of imide groups is 1. The van der Waals surface area contributed by atoms with Crippen LogP contribution < -0.4 is 9.47 Å². The maximum absolute atomic E-state index is 13.5. The van der Waals surface area contributed by atoms with E-state index in [4.69, 9.17) is 14.7 Å². The van der Waals surface area contributed by atoms with Crippen LogP contribution in [0.2, 0.25) is 0 Å². The largest absolute Gasteiger partial charge is 0.493 e. The molecule has 2 heterocycles. The van der Waals surface area contributed by atoms with Crippen molar-refractivity contribution in [2.45, 2.75) is 12.7 Å². The first kappa shape index (κ1) is 24.8. The number of thioether (sulfide) groups is 1. The summed E-state index contributed by atoms with van der Waals surface area (Å²) in [6.07, 6.45) is -0.443. The Kier molecular flexibility index (Phi) is 6.98. The molecule has 36 heavy (non-hydrogen) atoms. The van der Waals surface area contributed by atoms with Crippen LogP contribution in [0.3, 0.4) is 0 Å². The second-order valence-electron chi connectivity index (χ2n) is 7.32. The van der Waals surface area contributed by atoms with E-state index in [0.717, 1.165) is 22.7 Å². The molecule has 0 saturated carbocycles. The number of carbonyl (C=O) groups excluding carboxylic acids is 2. The molecule has 1 fully saturated rings. The lowest BCUT2D eigenvalue weighted by molar-refractivity contribution is -0.138. The minimum atomic E-state index is -4.74. The van der Waals surface area contributed by atoms with Crippen molar-refractivity contribution in [2.24, 2.45) is 0 Å². The van der Waals surface area contributed by atoms with Gasteiger partial charge in [0.25, 0.3) is 11.1 Å². The number of carbonyl (C=O) groups is 2. The number of nitrogens with zero attached hydrogens (tertiary/aromatic N) is 5. The predicted molar refractivity (Wildman–Crippen MR) is 122 cm³/mol. The lowest BCUT2D eigenvalue weighted by Gasteiger charge is -2.16. The molecule has 0 unspecified atom stereocenters. The van der Waals surface area contributed by atoms with Gasteiger partial charge in [-0.15, -0.1) is 0 Å². The molecule has 2 aromatic carbocycles. The van der Waals surface area contributed by atoms with Gasteiger partial charge in [-0.3, -0.25) is 19.2 Å². The first-order valence-corrected chi connectivity index (χ1v) is 11.1. The number of nitriles is 1. The summed E-state index contributed by atoms with van der Waals surface area (Å²) in [5.41, 5.74) is -0.795. The molecule has 0 radical (unpaired) electrons. The van der Waals surface area contributed by atoms with Crippen LogP contribution in [0.1, 0.15) is 16.7 Å². The van der Waals surface area contributed by atoms with Crippen molar-refractivity contribution in [1.29, 1.82) is 5.26 Å². The van der Waals surface area contributed by atoms with Crippen LogP contribution in [-0.4, -0.2) is 44.5 Å². The Morgan fingerprint density at radius 2 is 1.89 bits per heavy atom. The summed E-state index contributed by atoms with van der Waals surface area (Å²) < 4.78 is 52.7. The topological polar surface area (TPSA) is 110 Å². The van der Waals surface area contributed by atoms with Gasteiger partial charge in [0.05, 0.1) is 35.8 Å². The molecule has 9 nitrogen and oxygen atoms in total. The molecule has 1 aliphatic heterocycles. The molecule has 3 aromatic rings. The molecule has 184 valence electrons. The van der Waals surface area contributed by atoms with Crippen molar-refractivity contribution in [1.82, 2.24) is 19.7 Å². The van der Waals surface area contributed by atoms with Crippen molar-refractivity contribution >= 4 is 29.0 Å². The SMILES string of the molecule is COc1cc(/C=C2\SC(=O)N(CCn3cncn3)C2=O)ccc1Oc1ccc(C#N)cc1C(F)(F)F. The summed E-state index contributed by atoms with van der Waals surface area (Å²) >= 11 is 0.772. The summed E-state index contributed by atoms with van der Waals surface area (Å²) in [4.78, 5) is 30.1. The maximum atomic E-state index is 13.5. The van der Waals surface area contributed by atoms with E-state index in [1.165, 1.54) is 54.8 Å². The molecule has 0 aliphatic carbocycles. The van der Waals surface area contributed by atoms with Gasteiger partial charge >= 0.3 is 6.18 Å². The van der Waals surface area contributed by atoms with E-state index in [0.29, 0.717) is 18.2 Å². The molecule has 0 spiro atoms. The van der Waals surface area contributed by atoms with Gasteiger partial charge in [0.15, 0.2) is 11.5 Å². The number of hydrogen-bond acceptors (Lipinski definition) is 8. The average Bonchev–Trinajstić information content (AvgIpc) is 3.46. The fraction of sp³-hybridized carbons (Fsp3) is 0.174. The molecule has 4 rings (SSSR count). The van der Waals surface area contributed by atoms with Gasteiger partial charge in [-0.2, -0.15) is 23.5 Å². The second kappa shape index (κ2) is 10.1. The summed E-state index contributed by atoms with van der Waals surface area (Å²) in [7, 11) is 1.31. The van der Waals surface area contributed by atoms with Crippen LogP contribution in [0.25, 0.3) is 6.08 Å². The third-order valence-corrected chi connectivity index (χ3v) is 5.92. The number of amides is 2. The van der Waals surface area contributed by atoms with E-state index < -0.39 is 28.6 Å². The summed E-state index contributed by atoms with van der Waals surface area (Å²) in [5.74, 6) is -0.879. The smallest absolute Gasteiger partial charge is 0.420 e. The molecule has 1 aliphatic rings. The van der Waals surface area contributed by atoms with Crippen LogP contribution in [0, 0.1) is 11.3 Å². The highest BCUT2D eigenvalue weighted by atomic mass is 32.2. The van der Waals surface area contributed by atoms with Crippen LogP contribution in [0.4, 0.5) is 18.0 Å². The Bertz CT molecular complexity index is 1380. The van der Waals surface area contributed by atoms with E-state index in [2.05, 4.69) is 10.1 Å². The number of ether oxygens (including phenoxy) is 2. The van der Waals surface area contributed by atoms with Gasteiger partial charge < -0.3 is 9.47 Å². The molecule has 2 amide bonds. The Morgan fingerprint density at radius 1 is 1.11 bits per heavy atom. The van der Waals surface area contributed by atoms with Crippen molar-refractivity contribution in [3.05, 3.63) is 70.6 Å². The van der Waals surface area contributed by atoms with E-state index in [1.807, 2.05) is 0 Å². The van der Waals surface area contributed by atoms with E-state index in [9.17, 15) is 22.8 Å². The van der Waals surface area contributed by atoms with Crippen molar-refractivity contribution in [2.75, 3.05) is 13.7 Å². The van der Waals surface area contributed by atoms with Crippen LogP contribution in [-0.2, 0) is 17.5 Å². The second-order valence-corrected chi connectivity index (χ2v) is 8.32. The Labute approximate surface area is 206 Å². The number of methoxy groups -OCH3 is 1. The molecule has 13 heteroatoms. The Hall–Kier alpha value is -4.31. The molecular formula is C23H16F3N5O4S. The zero-order valence-electron chi connectivity index (χ0n) is 18.5. The van der Waals surface area contributed by atoms with Gasteiger partial charge in [-0.25, -0.2) is 4.98 Å². The number of alkyl halides is 3. The highest BCUT2D eigenvalue weighted by Crippen LogP contribution is 2.41. The van der Waals surface area contributed by atoms with Crippen molar-refractivity contribution in [3.63, 3.8) is 0 Å². The monoisotopic (exact) mass is 515 g/mol. The van der Waals surface area contributed by atoms with Crippen LogP contribution >= 0.6 is 11.8 Å². The first-order valence-electron chi connectivity index (χ1n) is 10.2. The van der Waals surface area contributed by atoms with Gasteiger partial charge in [0.2, 0.25) is 0 Å². The minimum Gasteiger partial charge on any atom is -0.493 e. The molecule has 0 atom stereocenters. The van der Waals surface area contributed by atoms with Gasteiger partial charge in [-0.1, -0.05) is 6.07 Å². The van der Waals surface area contributed by atoms with Crippen LogP contribution in [0.5, 0.6) is 17.2 Å². The minimum absolute atomic E-state index is 0.00852. The number of halogens is 3. The number of benzene rings is 2. The standard InChI is InChI=1S/C23H16F3N5O4S/c1-34-19-9-14(10-20-21(32)31(22(33)36-20)7-6-30-13-28-12-29-30)2-5-18(19)35-17-4-3-15(11-27)8-16(17)23(24,25)26/h2-5,8-10,12-13H,6-7H2,1H3/b20-10-. The van der Waals surface area contributed by atoms with E-state index in [-0.39, 0.29) is 28.5 Å². The van der Waals surface area contributed by atoms with Crippen LogP contribution in [0.15, 0.2) is 54.0 Å². The zero-order chi connectivity index (χ0) is 25.9. The highest BCUT2D eigenvalue weighted by molar-refractivity contribution is 8.18. The van der Waals surface area contributed by atoms with Gasteiger partial charge in [-0.05, 0) is 53.7 Å². The average molecular weight is 515 g/mol. The summed E-state index contributed by atoms with van der Waals surface area (Å²) in [6.45, 7) is 0.411. The number of aromatic nitrogens is 3. The lowest BCUT2D eigenvalue weighted by Crippen LogP contribution is -2.31. The van der Waals surface area contributed by atoms with Gasteiger partial charge in [0, 0.05) is 6.54 Å². The number of rotatable bonds is 7. The van der Waals surface area contributed by atoms with E-state index >= 15 is 0 Å². The quantitative estimate of drug-likeness (QED) is 0.416. The van der Waals surface area contributed by atoms with Gasteiger partial charge in [0.1, 0.15) is 18.4 Å². The third kappa shape index (κ3) is 5.33. The molecule has 0 bridgehead atoms. The Morgan fingerprint density at radius 3 is 2.56 bits per heavy atom. The van der Waals surface area contributed by atoms with Crippen molar-refractivity contribution in [3.8, 4) is 23.3 Å². The molecule has 1 aromatic heterocycles. The molecular weight excluding hydrogens is 499 g/mol. The number of hydrogen-bond donors (Lipinski definition) is 0. The fourth-order valence-corrected chi connectivity index (χ4v) is 4.15. The Balaban J connectivity index is 1.55. The zero-order valence-corrected chi connectivity index (χ0v) is 19.3. The molecule has 1 saturated heterocycles. The first-order chi connectivity index (χ1) is 17.2.